The van der Waals surface area contributed by atoms with Gasteiger partial charge < -0.3 is 29.2 Å². The molecule has 4 heterocycles. The van der Waals surface area contributed by atoms with Crippen LogP contribution in [0.25, 0.3) is 27.7 Å². The standard InChI is InChI=1S/C34H50BrFN6O4Si2/c1-43-31-21-44-11-10-29(31)38-20-30-32(35)34(41(22-45-12-14-47(2,3)4)23-46-13-15-48(5,6)7)42-33(40-30)27(19-39-42)25-16-24-17-26(36)8-9-28(24)37-18-25/h8-9,16-19,29,31,38H,10-15,20-23H2,1-7H3. The van der Waals surface area contributed by atoms with Gasteiger partial charge in [-0.1, -0.05) is 39.3 Å². The second-order valence-corrected chi connectivity index (χ2v) is 26.9. The smallest absolute Gasteiger partial charge is 0.165 e. The van der Waals surface area contributed by atoms with Gasteiger partial charge >= 0.3 is 0 Å². The van der Waals surface area contributed by atoms with Crippen molar-refractivity contribution in [3.63, 3.8) is 0 Å². The fraction of sp³-hybridized carbons (Fsp3) is 0.559. The van der Waals surface area contributed by atoms with E-state index in [2.05, 4.69) is 70.4 Å². The van der Waals surface area contributed by atoms with Crippen LogP contribution in [0.1, 0.15) is 12.1 Å². The Morgan fingerprint density at radius 3 is 2.42 bits per heavy atom. The number of hydrogen-bond acceptors (Lipinski definition) is 9. The van der Waals surface area contributed by atoms with E-state index >= 15 is 0 Å². The van der Waals surface area contributed by atoms with E-state index in [1.807, 2.05) is 10.6 Å². The third-order valence-corrected chi connectivity index (χ3v) is 12.7. The van der Waals surface area contributed by atoms with Gasteiger partial charge in [0.25, 0.3) is 0 Å². The summed E-state index contributed by atoms with van der Waals surface area (Å²) in [6, 6.07) is 8.79. The molecule has 5 rings (SSSR count). The predicted molar refractivity (Wildman–Crippen MR) is 199 cm³/mol. The lowest BCUT2D eigenvalue weighted by atomic mass is 10.1. The summed E-state index contributed by atoms with van der Waals surface area (Å²) in [4.78, 5) is 11.9. The van der Waals surface area contributed by atoms with E-state index in [9.17, 15) is 4.39 Å². The van der Waals surface area contributed by atoms with Crippen molar-refractivity contribution in [1.29, 1.82) is 0 Å². The van der Waals surface area contributed by atoms with Crippen LogP contribution in [0.2, 0.25) is 51.4 Å². The maximum Gasteiger partial charge on any atom is 0.165 e. The average Bonchev–Trinajstić information content (AvgIpc) is 3.45. The topological polar surface area (TPSA) is 95.3 Å². The van der Waals surface area contributed by atoms with Crippen LogP contribution in [0.4, 0.5) is 10.2 Å². The summed E-state index contributed by atoms with van der Waals surface area (Å²) in [5.74, 6) is 0.486. The number of methoxy groups -OCH3 is 1. The number of fused-ring (bicyclic) bond motifs is 2. The fourth-order valence-electron chi connectivity index (χ4n) is 5.52. The van der Waals surface area contributed by atoms with Crippen molar-refractivity contribution in [2.45, 2.75) is 76.5 Å². The van der Waals surface area contributed by atoms with Gasteiger partial charge in [0, 0.05) is 78.4 Å². The zero-order chi connectivity index (χ0) is 34.5. The molecule has 2 atom stereocenters. The van der Waals surface area contributed by atoms with E-state index < -0.39 is 16.1 Å². The zero-order valence-electron chi connectivity index (χ0n) is 29.3. The molecule has 0 saturated carbocycles. The number of nitrogens with one attached hydrogen (secondary N) is 1. The van der Waals surface area contributed by atoms with E-state index in [4.69, 9.17) is 29.0 Å². The molecule has 0 bridgehead atoms. The number of aromatic nitrogens is 4. The summed E-state index contributed by atoms with van der Waals surface area (Å²) < 4.78 is 40.8. The Bertz CT molecular complexity index is 1660. The van der Waals surface area contributed by atoms with Crippen LogP contribution in [-0.4, -0.2) is 94.9 Å². The second-order valence-electron chi connectivity index (χ2n) is 14.9. The Hall–Kier alpha value is -2.31. The highest BCUT2D eigenvalue weighted by Crippen LogP contribution is 2.34. The quantitative estimate of drug-likeness (QED) is 0.0725. The number of hydrogen-bond donors (Lipinski definition) is 1. The van der Waals surface area contributed by atoms with E-state index in [0.717, 1.165) is 51.1 Å². The van der Waals surface area contributed by atoms with Crippen LogP contribution >= 0.6 is 15.9 Å². The van der Waals surface area contributed by atoms with Gasteiger partial charge in [0.15, 0.2) is 11.5 Å². The SMILES string of the molecule is COC1COCCC1NCc1nc2c(-c3cnc4ccc(F)cc4c3)cnn2c(N(COCC[Si](C)(C)C)COCC[Si](C)(C)C)c1Br. The maximum absolute atomic E-state index is 14.2. The molecule has 4 aromatic rings. The van der Waals surface area contributed by atoms with Crippen LogP contribution in [0.5, 0.6) is 0 Å². The van der Waals surface area contributed by atoms with Crippen molar-refractivity contribution in [3.05, 3.63) is 52.6 Å². The van der Waals surface area contributed by atoms with Gasteiger partial charge in [-0.2, -0.15) is 9.61 Å². The first kappa shape index (κ1) is 37.0. The molecule has 1 aliphatic heterocycles. The lowest BCUT2D eigenvalue weighted by Crippen LogP contribution is -2.47. The molecule has 2 unspecified atom stereocenters. The molecule has 0 amide bonds. The van der Waals surface area contributed by atoms with Crippen molar-refractivity contribution < 1.29 is 23.3 Å². The zero-order valence-corrected chi connectivity index (χ0v) is 32.9. The summed E-state index contributed by atoms with van der Waals surface area (Å²) in [6.45, 7) is 17.8. The van der Waals surface area contributed by atoms with Gasteiger partial charge in [-0.25, -0.2) is 9.37 Å². The number of ether oxygens (including phenoxy) is 4. The van der Waals surface area contributed by atoms with Crippen molar-refractivity contribution >= 4 is 54.4 Å². The summed E-state index contributed by atoms with van der Waals surface area (Å²) in [7, 11) is -0.845. The number of benzene rings is 1. The first-order chi connectivity index (χ1) is 22.8. The van der Waals surface area contributed by atoms with Crippen molar-refractivity contribution in [3.8, 4) is 11.1 Å². The van der Waals surface area contributed by atoms with Crippen LogP contribution < -0.4 is 10.2 Å². The average molecular weight is 762 g/mol. The molecule has 1 aliphatic rings. The first-order valence-corrected chi connectivity index (χ1v) is 24.9. The maximum atomic E-state index is 14.2. The monoisotopic (exact) mass is 760 g/mol. The van der Waals surface area contributed by atoms with Crippen LogP contribution in [0.3, 0.4) is 0 Å². The molecule has 1 aromatic carbocycles. The molecule has 10 nitrogen and oxygen atoms in total. The molecule has 1 N–H and O–H groups in total. The summed E-state index contributed by atoms with van der Waals surface area (Å²) in [6.07, 6.45) is 4.38. The summed E-state index contributed by atoms with van der Waals surface area (Å²) in [5.41, 5.74) is 3.79. The van der Waals surface area contributed by atoms with Gasteiger partial charge in [0.1, 0.15) is 19.3 Å². The third kappa shape index (κ3) is 9.68. The Morgan fingerprint density at radius 2 is 1.75 bits per heavy atom. The van der Waals surface area contributed by atoms with Gasteiger partial charge in [-0.05, 0) is 58.7 Å². The van der Waals surface area contributed by atoms with Gasteiger partial charge in [0.05, 0.1) is 34.6 Å². The Morgan fingerprint density at radius 1 is 1.04 bits per heavy atom. The van der Waals surface area contributed by atoms with Crippen molar-refractivity contribution in [1.82, 2.24) is 24.9 Å². The fourth-order valence-corrected chi connectivity index (χ4v) is 7.68. The van der Waals surface area contributed by atoms with Gasteiger partial charge in [-0.15, -0.1) is 0 Å². The normalized spacial score (nSPS) is 17.4. The van der Waals surface area contributed by atoms with Crippen LogP contribution in [0.15, 0.2) is 41.1 Å². The minimum atomic E-state index is -1.28. The largest absolute Gasteiger partial charge is 0.379 e. The number of halogens is 2. The van der Waals surface area contributed by atoms with Crippen LogP contribution in [0, 0.1) is 5.82 Å². The molecule has 0 spiro atoms. The minimum absolute atomic E-state index is 0.0497. The molecular formula is C34H50BrFN6O4Si2. The van der Waals surface area contributed by atoms with Crippen LogP contribution in [-0.2, 0) is 25.5 Å². The van der Waals surface area contributed by atoms with E-state index in [1.165, 1.54) is 12.1 Å². The Kier molecular flexibility index (Phi) is 12.4. The Balaban J connectivity index is 1.55. The number of pyridine rings is 1. The number of rotatable bonds is 16. The highest BCUT2D eigenvalue weighted by Gasteiger charge is 2.28. The minimum Gasteiger partial charge on any atom is -0.379 e. The summed E-state index contributed by atoms with van der Waals surface area (Å²) >= 11 is 3.94. The third-order valence-electron chi connectivity index (χ3n) is 8.51. The highest BCUT2D eigenvalue weighted by atomic mass is 79.9. The van der Waals surface area contributed by atoms with E-state index in [1.54, 1.807) is 25.6 Å². The van der Waals surface area contributed by atoms with E-state index in [-0.39, 0.29) is 18.0 Å². The van der Waals surface area contributed by atoms with Crippen molar-refractivity contribution in [2.24, 2.45) is 0 Å². The lowest BCUT2D eigenvalue weighted by molar-refractivity contribution is -0.0502. The predicted octanol–water partition coefficient (Wildman–Crippen LogP) is 7.17. The Labute approximate surface area is 293 Å². The molecule has 1 saturated heterocycles. The first-order valence-electron chi connectivity index (χ1n) is 16.7. The molecule has 3 aromatic heterocycles. The lowest BCUT2D eigenvalue weighted by Gasteiger charge is -2.31. The van der Waals surface area contributed by atoms with E-state index in [0.29, 0.717) is 57.5 Å². The molecule has 1 fully saturated rings. The number of nitrogens with zero attached hydrogens (tertiary/aromatic N) is 5. The molecule has 0 radical (unpaired) electrons. The number of anilines is 1. The summed E-state index contributed by atoms with van der Waals surface area (Å²) in [5, 5.41) is 9.24. The van der Waals surface area contributed by atoms with Crippen molar-refractivity contribution in [2.75, 3.05) is 51.9 Å². The second kappa shape index (κ2) is 16.1. The highest BCUT2D eigenvalue weighted by molar-refractivity contribution is 9.10. The molecule has 262 valence electrons. The van der Waals surface area contributed by atoms with Gasteiger partial charge in [0.2, 0.25) is 0 Å². The molecule has 14 heteroatoms. The van der Waals surface area contributed by atoms with Gasteiger partial charge in [-0.3, -0.25) is 4.98 Å². The molecule has 0 aliphatic carbocycles. The molecular weight excluding hydrogens is 711 g/mol. The molecule has 48 heavy (non-hydrogen) atoms.